The fourth-order valence-electron chi connectivity index (χ4n) is 2.54. The Labute approximate surface area is 136 Å². The highest BCUT2D eigenvalue weighted by Gasteiger charge is 2.10. The lowest BCUT2D eigenvalue weighted by Crippen LogP contribution is -2.00. The van der Waals surface area contributed by atoms with Gasteiger partial charge < -0.3 is 14.5 Å². The summed E-state index contributed by atoms with van der Waals surface area (Å²) in [5, 5.41) is 0. The minimum atomic E-state index is 0.669. The van der Waals surface area contributed by atoms with Gasteiger partial charge in [-0.25, -0.2) is 9.98 Å². The van der Waals surface area contributed by atoms with Gasteiger partial charge in [0.05, 0.1) is 12.7 Å². The molecule has 5 heteroatoms. The molecule has 0 aliphatic carbocycles. The molecular formula is C18H23N3O2. The van der Waals surface area contributed by atoms with Crippen molar-refractivity contribution in [2.75, 3.05) is 13.2 Å². The molecule has 5 nitrogen and oxygen atoms in total. The summed E-state index contributed by atoms with van der Waals surface area (Å²) in [5.41, 5.74) is 0.982. The monoisotopic (exact) mass is 313 g/mol. The molecule has 1 aliphatic heterocycles. The van der Waals surface area contributed by atoms with Gasteiger partial charge in [-0.05, 0) is 30.7 Å². The Bertz CT molecular complexity index is 647. The number of aryl methyl sites for hydroxylation is 1. The average Bonchev–Trinajstić information content (AvgIpc) is 3.24. The number of unbranched alkanes of at least 4 members (excludes halogenated alkanes) is 3. The zero-order valence-electron chi connectivity index (χ0n) is 13.5. The van der Waals surface area contributed by atoms with Crippen LogP contribution in [0.5, 0.6) is 11.6 Å². The highest BCUT2D eigenvalue weighted by atomic mass is 16.5. The van der Waals surface area contributed by atoms with Gasteiger partial charge in [0.2, 0.25) is 11.8 Å². The molecule has 1 aromatic heterocycles. The van der Waals surface area contributed by atoms with Crippen molar-refractivity contribution >= 4 is 5.90 Å². The van der Waals surface area contributed by atoms with Crippen LogP contribution in [0.2, 0.25) is 0 Å². The van der Waals surface area contributed by atoms with E-state index < -0.39 is 0 Å². The molecule has 1 aromatic carbocycles. The quantitative estimate of drug-likeness (QED) is 0.746. The van der Waals surface area contributed by atoms with Crippen LogP contribution < -0.4 is 4.74 Å². The molecular weight excluding hydrogens is 290 g/mol. The first-order valence-corrected chi connectivity index (χ1v) is 8.34. The van der Waals surface area contributed by atoms with Crippen molar-refractivity contribution < 1.29 is 9.47 Å². The smallest absolute Gasteiger partial charge is 0.217 e. The van der Waals surface area contributed by atoms with Gasteiger partial charge in [-0.2, -0.15) is 0 Å². The predicted octanol–water partition coefficient (Wildman–Crippen LogP) is 4.10. The Kier molecular flexibility index (Phi) is 5.29. The van der Waals surface area contributed by atoms with Gasteiger partial charge in [-0.1, -0.05) is 26.2 Å². The molecule has 0 saturated carbocycles. The Morgan fingerprint density at radius 2 is 2.04 bits per heavy atom. The van der Waals surface area contributed by atoms with Gasteiger partial charge in [0, 0.05) is 12.0 Å². The molecule has 0 fully saturated rings. The Morgan fingerprint density at radius 3 is 2.78 bits per heavy atom. The van der Waals surface area contributed by atoms with Gasteiger partial charge in [0.25, 0.3) is 0 Å². The largest absolute Gasteiger partial charge is 0.476 e. The minimum Gasteiger partial charge on any atom is -0.476 e. The molecule has 2 heterocycles. The molecule has 0 atom stereocenters. The summed E-state index contributed by atoms with van der Waals surface area (Å²) in [7, 11) is 0. The van der Waals surface area contributed by atoms with Crippen LogP contribution >= 0.6 is 0 Å². The summed E-state index contributed by atoms with van der Waals surface area (Å²) in [6.45, 7) is 3.63. The van der Waals surface area contributed by atoms with E-state index in [9.17, 15) is 0 Å². The first-order chi connectivity index (χ1) is 11.3. The van der Waals surface area contributed by atoms with E-state index in [1.165, 1.54) is 19.3 Å². The van der Waals surface area contributed by atoms with Gasteiger partial charge in [-0.15, -0.1) is 0 Å². The number of nitrogens with zero attached hydrogens (tertiary/aromatic N) is 2. The van der Waals surface area contributed by atoms with Gasteiger partial charge in [-0.3, -0.25) is 0 Å². The van der Waals surface area contributed by atoms with Crippen molar-refractivity contribution in [1.82, 2.24) is 9.97 Å². The van der Waals surface area contributed by atoms with E-state index in [-0.39, 0.29) is 0 Å². The summed E-state index contributed by atoms with van der Waals surface area (Å²) in [4.78, 5) is 11.9. The van der Waals surface area contributed by atoms with Gasteiger partial charge in [0.15, 0.2) is 0 Å². The highest BCUT2D eigenvalue weighted by Crippen LogP contribution is 2.21. The molecule has 23 heavy (non-hydrogen) atoms. The minimum absolute atomic E-state index is 0.669. The standard InChI is InChI=1S/C18H23N3O2/c1-2-3-4-5-6-16-20-13-17(21-16)23-15-9-7-14(8-10-15)18-19-11-12-22-18/h7-10,13H,2-6,11-12H2,1H3,(H,20,21). The second kappa shape index (κ2) is 7.81. The summed E-state index contributed by atoms with van der Waals surface area (Å²) < 4.78 is 11.3. The maximum absolute atomic E-state index is 5.81. The van der Waals surface area contributed by atoms with Crippen molar-refractivity contribution in [2.45, 2.75) is 39.0 Å². The fourth-order valence-corrected chi connectivity index (χ4v) is 2.54. The molecule has 0 radical (unpaired) electrons. The molecule has 0 amide bonds. The number of rotatable bonds is 8. The molecule has 0 unspecified atom stereocenters. The Morgan fingerprint density at radius 1 is 1.17 bits per heavy atom. The number of aromatic amines is 1. The average molecular weight is 313 g/mol. The van der Waals surface area contributed by atoms with E-state index in [0.717, 1.165) is 36.5 Å². The maximum atomic E-state index is 5.81. The number of hydrogen-bond acceptors (Lipinski definition) is 4. The second-order valence-corrected chi connectivity index (χ2v) is 5.67. The second-order valence-electron chi connectivity index (χ2n) is 5.67. The first kappa shape index (κ1) is 15.6. The van der Waals surface area contributed by atoms with E-state index in [1.54, 1.807) is 6.20 Å². The van der Waals surface area contributed by atoms with E-state index in [1.807, 2.05) is 24.3 Å². The summed E-state index contributed by atoms with van der Waals surface area (Å²) >= 11 is 0. The molecule has 1 N–H and O–H groups in total. The third kappa shape index (κ3) is 4.34. The normalized spacial score (nSPS) is 13.7. The van der Waals surface area contributed by atoms with E-state index in [4.69, 9.17) is 9.47 Å². The van der Waals surface area contributed by atoms with E-state index in [2.05, 4.69) is 21.9 Å². The Balaban J connectivity index is 1.54. The maximum Gasteiger partial charge on any atom is 0.217 e. The van der Waals surface area contributed by atoms with Crippen molar-refractivity contribution in [2.24, 2.45) is 4.99 Å². The zero-order valence-corrected chi connectivity index (χ0v) is 13.5. The molecule has 2 aromatic rings. The lowest BCUT2D eigenvalue weighted by Gasteiger charge is -2.05. The van der Waals surface area contributed by atoms with Crippen molar-refractivity contribution in [3.05, 3.63) is 41.9 Å². The fraction of sp³-hybridized carbons (Fsp3) is 0.444. The zero-order chi connectivity index (χ0) is 15.9. The predicted molar refractivity (Wildman–Crippen MR) is 90.3 cm³/mol. The number of hydrogen-bond donors (Lipinski definition) is 1. The molecule has 3 rings (SSSR count). The van der Waals surface area contributed by atoms with Crippen molar-refractivity contribution in [1.29, 1.82) is 0 Å². The van der Waals surface area contributed by atoms with Gasteiger partial charge in [0.1, 0.15) is 18.2 Å². The third-order valence-electron chi connectivity index (χ3n) is 3.79. The van der Waals surface area contributed by atoms with Crippen LogP contribution in [0.25, 0.3) is 0 Å². The number of ether oxygens (including phenoxy) is 2. The van der Waals surface area contributed by atoms with Crippen LogP contribution in [-0.4, -0.2) is 29.0 Å². The van der Waals surface area contributed by atoms with Crippen molar-refractivity contribution in [3.63, 3.8) is 0 Å². The number of nitrogens with one attached hydrogen (secondary N) is 1. The number of aromatic nitrogens is 2. The summed E-state index contributed by atoms with van der Waals surface area (Å²) in [5.74, 6) is 3.15. The van der Waals surface area contributed by atoms with Crippen LogP contribution in [0.1, 0.15) is 44.0 Å². The topological polar surface area (TPSA) is 59.5 Å². The van der Waals surface area contributed by atoms with Crippen LogP contribution in [0, 0.1) is 0 Å². The van der Waals surface area contributed by atoms with Gasteiger partial charge >= 0.3 is 0 Å². The summed E-state index contributed by atoms with van der Waals surface area (Å²) in [6, 6.07) is 7.76. The Hall–Kier alpha value is -2.30. The molecule has 122 valence electrons. The van der Waals surface area contributed by atoms with Crippen LogP contribution in [0.15, 0.2) is 35.5 Å². The number of benzene rings is 1. The highest BCUT2D eigenvalue weighted by molar-refractivity contribution is 5.95. The molecule has 0 spiro atoms. The van der Waals surface area contributed by atoms with Crippen LogP contribution in [-0.2, 0) is 11.2 Å². The first-order valence-electron chi connectivity index (χ1n) is 8.34. The molecule has 1 aliphatic rings. The van der Waals surface area contributed by atoms with Crippen LogP contribution in [0.3, 0.4) is 0 Å². The number of imidazole rings is 1. The van der Waals surface area contributed by atoms with E-state index >= 15 is 0 Å². The summed E-state index contributed by atoms with van der Waals surface area (Å²) in [6.07, 6.45) is 7.66. The third-order valence-corrected chi connectivity index (χ3v) is 3.79. The number of aliphatic imine (C=N–C) groups is 1. The lowest BCUT2D eigenvalue weighted by molar-refractivity contribution is 0.348. The van der Waals surface area contributed by atoms with Crippen LogP contribution in [0.4, 0.5) is 0 Å². The van der Waals surface area contributed by atoms with E-state index in [0.29, 0.717) is 18.4 Å². The number of H-pyrrole nitrogens is 1. The van der Waals surface area contributed by atoms with Crippen molar-refractivity contribution in [3.8, 4) is 11.6 Å². The molecule has 0 bridgehead atoms. The SMILES string of the molecule is CCCCCCc1ncc(Oc2ccc(C3=NCCO3)cc2)[nH]1. The lowest BCUT2D eigenvalue weighted by atomic mass is 10.1. The molecule has 0 saturated heterocycles.